The van der Waals surface area contributed by atoms with E-state index in [4.69, 9.17) is 23.7 Å². The molecule has 0 bridgehead atoms. The fourth-order valence-electron chi connectivity index (χ4n) is 5.25. The Morgan fingerprint density at radius 2 is 1.76 bits per heavy atom. The van der Waals surface area contributed by atoms with Gasteiger partial charge in [-0.2, -0.15) is 0 Å². The molecule has 224 valence electrons. The van der Waals surface area contributed by atoms with Crippen molar-refractivity contribution in [2.75, 3.05) is 13.2 Å². The van der Waals surface area contributed by atoms with E-state index in [1.165, 1.54) is 30.5 Å². The van der Waals surface area contributed by atoms with Crippen LogP contribution in [0.1, 0.15) is 16.8 Å². The number of fused-ring (bicyclic) bond motifs is 1. The van der Waals surface area contributed by atoms with Gasteiger partial charge in [-0.15, -0.1) is 6.58 Å². The molecule has 42 heavy (non-hydrogen) atoms. The Balaban J connectivity index is 1.27. The van der Waals surface area contributed by atoms with E-state index < -0.39 is 66.4 Å². The highest BCUT2D eigenvalue weighted by atomic mass is 16.7. The van der Waals surface area contributed by atoms with Crippen LogP contribution in [0.2, 0.25) is 0 Å². The first-order valence-corrected chi connectivity index (χ1v) is 13.1. The van der Waals surface area contributed by atoms with Crippen molar-refractivity contribution >= 4 is 11.9 Å². The zero-order chi connectivity index (χ0) is 30.1. The molecule has 6 N–H and O–H groups in total. The normalized spacial score (nSPS) is 30.7. The van der Waals surface area contributed by atoms with Gasteiger partial charge in [0, 0.05) is 11.8 Å². The number of aliphatic hydroxyl groups is 3. The van der Waals surface area contributed by atoms with Crippen molar-refractivity contribution in [3.8, 4) is 28.4 Å². The molecule has 0 aliphatic carbocycles. The van der Waals surface area contributed by atoms with E-state index in [1.54, 1.807) is 6.08 Å². The molecule has 0 amide bonds. The van der Waals surface area contributed by atoms with E-state index in [1.807, 2.05) is 0 Å². The van der Waals surface area contributed by atoms with Crippen LogP contribution in [-0.4, -0.2) is 92.8 Å². The number of aromatic hydroxyl groups is 3. The van der Waals surface area contributed by atoms with Crippen molar-refractivity contribution in [3.63, 3.8) is 0 Å². The fraction of sp³-hybridized carbons (Fsp3) is 0.379. The Morgan fingerprint density at radius 3 is 2.45 bits per heavy atom. The monoisotopic (exact) mass is 586 g/mol. The standard InChI is InChI=1S/C29H30O13/c1-2-16-17-6-7-38-27(37)18(17)11-39-28(16)40-12-21-23(33)24(34)25(35)29(41-21)42-26(36)14-9-19(31)22(20(32)10-14)13-4-3-5-15(30)8-13/h2-5,8-11,16-17,21,23-25,28-35H,1,6-7,12H2. The molecule has 0 spiro atoms. The van der Waals surface area contributed by atoms with Crippen molar-refractivity contribution in [2.24, 2.45) is 11.8 Å². The smallest absolute Gasteiger partial charge is 0.340 e. The summed E-state index contributed by atoms with van der Waals surface area (Å²) in [7, 11) is 0. The summed E-state index contributed by atoms with van der Waals surface area (Å²) in [5, 5.41) is 62.1. The van der Waals surface area contributed by atoms with Crippen molar-refractivity contribution in [3.05, 3.63) is 66.5 Å². The van der Waals surface area contributed by atoms with Gasteiger partial charge in [0.2, 0.25) is 12.6 Å². The molecule has 8 unspecified atom stereocenters. The predicted molar refractivity (Wildman–Crippen MR) is 141 cm³/mol. The quantitative estimate of drug-likeness (QED) is 0.199. The Bertz CT molecular complexity index is 1360. The highest BCUT2D eigenvalue weighted by Gasteiger charge is 2.47. The molecule has 13 heteroatoms. The van der Waals surface area contributed by atoms with Gasteiger partial charge in [-0.05, 0) is 36.2 Å². The van der Waals surface area contributed by atoms with E-state index in [9.17, 15) is 40.2 Å². The maximum atomic E-state index is 12.9. The Labute approximate surface area is 239 Å². The minimum Gasteiger partial charge on any atom is -0.508 e. The highest BCUT2D eigenvalue weighted by molar-refractivity contribution is 5.93. The lowest BCUT2D eigenvalue weighted by Gasteiger charge is -2.41. The molecular formula is C29H30O13. The van der Waals surface area contributed by atoms with Gasteiger partial charge in [-0.3, -0.25) is 0 Å². The topological polar surface area (TPSA) is 202 Å². The fourth-order valence-corrected chi connectivity index (χ4v) is 5.25. The third-order valence-corrected chi connectivity index (χ3v) is 7.46. The second-order valence-electron chi connectivity index (χ2n) is 10.1. The Hall–Kier alpha value is -4.14. The van der Waals surface area contributed by atoms with Crippen LogP contribution in [0.3, 0.4) is 0 Å². The number of hydrogen-bond donors (Lipinski definition) is 6. The first-order chi connectivity index (χ1) is 20.1. The molecule has 3 heterocycles. The summed E-state index contributed by atoms with van der Waals surface area (Å²) in [6, 6.07) is 7.78. The Morgan fingerprint density at radius 1 is 1.02 bits per heavy atom. The second kappa shape index (κ2) is 12.0. The second-order valence-corrected chi connectivity index (χ2v) is 10.1. The molecule has 2 aromatic carbocycles. The minimum absolute atomic E-state index is 0.0398. The molecule has 2 saturated heterocycles. The summed E-state index contributed by atoms with van der Waals surface area (Å²) in [6.45, 7) is 3.66. The van der Waals surface area contributed by atoms with Crippen LogP contribution in [0.25, 0.3) is 11.1 Å². The van der Waals surface area contributed by atoms with Crippen LogP contribution in [0, 0.1) is 11.8 Å². The van der Waals surface area contributed by atoms with Crippen LogP contribution in [-0.2, 0) is 28.5 Å². The average molecular weight is 587 g/mol. The number of rotatable bonds is 7. The van der Waals surface area contributed by atoms with Crippen molar-refractivity contribution < 1.29 is 63.9 Å². The van der Waals surface area contributed by atoms with Crippen LogP contribution >= 0.6 is 0 Å². The number of benzene rings is 2. The third kappa shape index (κ3) is 5.65. The first kappa shape index (κ1) is 29.4. The minimum atomic E-state index is -1.85. The number of carbonyl (C=O) groups excluding carboxylic acids is 2. The lowest BCUT2D eigenvalue weighted by Crippen LogP contribution is -2.60. The number of phenolic OH excluding ortho intramolecular Hbond substituents is 3. The maximum Gasteiger partial charge on any atom is 0.340 e. The largest absolute Gasteiger partial charge is 0.508 e. The van der Waals surface area contributed by atoms with Gasteiger partial charge >= 0.3 is 11.9 Å². The number of phenols is 3. The van der Waals surface area contributed by atoms with Crippen LogP contribution in [0.4, 0.5) is 0 Å². The molecule has 2 aromatic rings. The molecule has 0 radical (unpaired) electrons. The zero-order valence-electron chi connectivity index (χ0n) is 22.1. The first-order valence-electron chi connectivity index (χ1n) is 13.1. The van der Waals surface area contributed by atoms with Gasteiger partial charge in [0.25, 0.3) is 0 Å². The van der Waals surface area contributed by atoms with E-state index in [2.05, 4.69) is 6.58 Å². The number of esters is 2. The maximum absolute atomic E-state index is 12.9. The lowest BCUT2D eigenvalue weighted by molar-refractivity contribution is -0.295. The predicted octanol–water partition coefficient (Wildman–Crippen LogP) is 1.06. The number of aliphatic hydroxyl groups excluding tert-OH is 3. The molecule has 5 rings (SSSR count). The molecule has 0 aromatic heterocycles. The number of carbonyl (C=O) groups is 2. The summed E-state index contributed by atoms with van der Waals surface area (Å²) in [5.41, 5.74) is 0.294. The van der Waals surface area contributed by atoms with Gasteiger partial charge in [-0.1, -0.05) is 18.2 Å². The lowest BCUT2D eigenvalue weighted by atomic mass is 9.81. The molecule has 3 aliphatic rings. The molecule has 0 saturated carbocycles. The van der Waals surface area contributed by atoms with E-state index in [-0.39, 0.29) is 41.6 Å². The summed E-state index contributed by atoms with van der Waals surface area (Å²) >= 11 is 0. The summed E-state index contributed by atoms with van der Waals surface area (Å²) in [5.74, 6) is -3.40. The zero-order valence-corrected chi connectivity index (χ0v) is 22.1. The van der Waals surface area contributed by atoms with Crippen LogP contribution in [0.5, 0.6) is 17.2 Å². The molecule has 2 fully saturated rings. The third-order valence-electron chi connectivity index (χ3n) is 7.46. The van der Waals surface area contributed by atoms with Crippen LogP contribution in [0.15, 0.2) is 60.9 Å². The SMILES string of the molecule is C=CC1C(OCC2OC(OC(=O)c3cc(O)c(-c4cccc(O)c4)c(O)c3)C(O)C(O)C2O)OC=C2C(=O)OCCC21. The number of ether oxygens (including phenoxy) is 5. The summed E-state index contributed by atoms with van der Waals surface area (Å²) < 4.78 is 27.2. The van der Waals surface area contributed by atoms with E-state index in [0.717, 1.165) is 12.1 Å². The highest BCUT2D eigenvalue weighted by Crippen LogP contribution is 2.40. The number of hydrogen-bond acceptors (Lipinski definition) is 13. The average Bonchev–Trinajstić information content (AvgIpc) is 2.96. The van der Waals surface area contributed by atoms with Gasteiger partial charge in [0.05, 0.1) is 36.2 Å². The molecule has 13 nitrogen and oxygen atoms in total. The van der Waals surface area contributed by atoms with Crippen molar-refractivity contribution in [2.45, 2.75) is 43.4 Å². The van der Waals surface area contributed by atoms with E-state index >= 15 is 0 Å². The van der Waals surface area contributed by atoms with E-state index in [0.29, 0.717) is 12.0 Å². The molecule has 3 aliphatic heterocycles. The molecule has 8 atom stereocenters. The van der Waals surface area contributed by atoms with Gasteiger partial charge < -0.3 is 54.3 Å². The number of cyclic esters (lactones) is 1. The van der Waals surface area contributed by atoms with Crippen molar-refractivity contribution in [1.29, 1.82) is 0 Å². The Kier molecular flexibility index (Phi) is 8.38. The van der Waals surface area contributed by atoms with Crippen molar-refractivity contribution in [1.82, 2.24) is 0 Å². The van der Waals surface area contributed by atoms with Gasteiger partial charge in [0.1, 0.15) is 41.7 Å². The van der Waals surface area contributed by atoms with Crippen LogP contribution < -0.4 is 0 Å². The molecular weight excluding hydrogens is 556 g/mol. The summed E-state index contributed by atoms with van der Waals surface area (Å²) in [4.78, 5) is 24.9. The van der Waals surface area contributed by atoms with Gasteiger partial charge in [0.15, 0.2) is 0 Å². The van der Waals surface area contributed by atoms with Gasteiger partial charge in [-0.25, -0.2) is 9.59 Å². The summed E-state index contributed by atoms with van der Waals surface area (Å²) in [6.07, 6.45) is -5.86.